The number of hydrogen-bond donors (Lipinski definition) is 1. The monoisotopic (exact) mass is 458 g/mol. The van der Waals surface area contributed by atoms with Crippen molar-refractivity contribution in [1.29, 1.82) is 0 Å². The lowest BCUT2D eigenvalue weighted by atomic mass is 10.0. The fourth-order valence-corrected chi connectivity index (χ4v) is 3.24. The molecule has 2 aromatic carbocycles. The Labute approximate surface area is 192 Å². The number of nitrogens with zero attached hydrogens (tertiary/aromatic N) is 1. The lowest BCUT2D eigenvalue weighted by Crippen LogP contribution is -2.35. The predicted octanol–water partition coefficient (Wildman–Crippen LogP) is 4.62. The molecule has 0 saturated carbocycles. The van der Waals surface area contributed by atoms with Crippen molar-refractivity contribution < 1.29 is 27.8 Å². The van der Waals surface area contributed by atoms with E-state index in [1.54, 1.807) is 24.3 Å². The quantitative estimate of drug-likeness (QED) is 0.527. The summed E-state index contributed by atoms with van der Waals surface area (Å²) in [6.07, 6.45) is -0.0524. The topological polar surface area (TPSA) is 67.9 Å². The van der Waals surface area contributed by atoms with Crippen molar-refractivity contribution in [2.24, 2.45) is 5.92 Å². The minimum Gasteiger partial charge on any atom is -0.493 e. The Bertz CT molecular complexity index is 1050. The molecule has 1 heterocycles. The first-order valence-electron chi connectivity index (χ1n) is 10.8. The molecule has 0 aliphatic carbocycles. The first-order valence-corrected chi connectivity index (χ1v) is 10.8. The van der Waals surface area contributed by atoms with E-state index in [2.05, 4.69) is 5.32 Å². The first-order chi connectivity index (χ1) is 15.7. The molecule has 0 unspecified atom stereocenters. The maximum Gasteiger partial charge on any atom is 0.278 e. The second-order valence-corrected chi connectivity index (χ2v) is 8.41. The lowest BCUT2D eigenvalue weighted by molar-refractivity contribution is -0.137. The number of carbonyl (C=O) groups excluding carboxylic acids is 2. The molecule has 0 atom stereocenters. The van der Waals surface area contributed by atoms with Gasteiger partial charge in [0.25, 0.3) is 11.8 Å². The Hall–Kier alpha value is -3.26. The molecule has 33 heavy (non-hydrogen) atoms. The number of anilines is 1. The summed E-state index contributed by atoms with van der Waals surface area (Å²) in [6.45, 7) is 8.59. The van der Waals surface area contributed by atoms with E-state index in [0.717, 1.165) is 17.0 Å². The van der Waals surface area contributed by atoms with Gasteiger partial charge in [-0.25, -0.2) is 8.78 Å². The van der Waals surface area contributed by atoms with E-state index < -0.39 is 23.4 Å². The number of hydrogen-bond acceptors (Lipinski definition) is 5. The largest absolute Gasteiger partial charge is 0.493 e. The SMILES string of the molecule is CC(C)COc1ccc(C2=C(Nc3ccc(F)c(F)c3)C(=O)N(CCOC(C)C)C2=O)cc1. The molecule has 0 spiro atoms. The van der Waals surface area contributed by atoms with Crippen LogP contribution in [0.1, 0.15) is 33.3 Å². The van der Waals surface area contributed by atoms with Gasteiger partial charge in [0.2, 0.25) is 0 Å². The van der Waals surface area contributed by atoms with E-state index in [-0.39, 0.29) is 36.2 Å². The minimum absolute atomic E-state index is 0.00796. The molecule has 0 fully saturated rings. The Kier molecular flexibility index (Phi) is 7.81. The molecule has 8 heteroatoms. The molecule has 6 nitrogen and oxygen atoms in total. The highest BCUT2D eigenvalue weighted by molar-refractivity contribution is 6.36. The van der Waals surface area contributed by atoms with Crippen LogP contribution < -0.4 is 10.1 Å². The van der Waals surface area contributed by atoms with Crippen LogP contribution in [0.25, 0.3) is 5.57 Å². The van der Waals surface area contributed by atoms with Crippen molar-refractivity contribution in [2.45, 2.75) is 33.8 Å². The summed E-state index contributed by atoms with van der Waals surface area (Å²) in [7, 11) is 0. The third kappa shape index (κ3) is 5.96. The zero-order valence-electron chi connectivity index (χ0n) is 19.2. The third-order valence-electron chi connectivity index (χ3n) is 4.85. The van der Waals surface area contributed by atoms with Crippen LogP contribution in [0.5, 0.6) is 5.75 Å². The van der Waals surface area contributed by atoms with E-state index in [1.165, 1.54) is 6.07 Å². The molecule has 0 bridgehead atoms. The molecule has 1 aliphatic rings. The van der Waals surface area contributed by atoms with Crippen LogP contribution in [0.15, 0.2) is 48.2 Å². The molecular weight excluding hydrogens is 430 g/mol. The average molecular weight is 459 g/mol. The molecule has 0 aromatic heterocycles. The summed E-state index contributed by atoms with van der Waals surface area (Å²) in [5.74, 6) is -2.13. The van der Waals surface area contributed by atoms with Crippen molar-refractivity contribution in [3.05, 3.63) is 65.4 Å². The molecule has 1 N–H and O–H groups in total. The summed E-state index contributed by atoms with van der Waals surface area (Å²) in [4.78, 5) is 27.4. The van der Waals surface area contributed by atoms with E-state index in [4.69, 9.17) is 9.47 Å². The smallest absolute Gasteiger partial charge is 0.278 e. The van der Waals surface area contributed by atoms with Gasteiger partial charge in [-0.05, 0) is 49.6 Å². The molecule has 2 amide bonds. The van der Waals surface area contributed by atoms with Crippen molar-refractivity contribution in [3.8, 4) is 5.75 Å². The van der Waals surface area contributed by atoms with Gasteiger partial charge in [-0.2, -0.15) is 0 Å². The Morgan fingerprint density at radius 1 is 0.939 bits per heavy atom. The summed E-state index contributed by atoms with van der Waals surface area (Å²) in [6, 6.07) is 10.0. The average Bonchev–Trinajstić information content (AvgIpc) is 2.99. The van der Waals surface area contributed by atoms with Crippen molar-refractivity contribution in [2.75, 3.05) is 25.1 Å². The van der Waals surface area contributed by atoms with Crippen LogP contribution in [0.4, 0.5) is 14.5 Å². The zero-order valence-corrected chi connectivity index (χ0v) is 19.2. The number of halogens is 2. The zero-order chi connectivity index (χ0) is 24.1. The highest BCUT2D eigenvalue weighted by Gasteiger charge is 2.39. The Balaban J connectivity index is 1.93. The van der Waals surface area contributed by atoms with Gasteiger partial charge in [-0.1, -0.05) is 26.0 Å². The van der Waals surface area contributed by atoms with Gasteiger partial charge in [-0.15, -0.1) is 0 Å². The van der Waals surface area contributed by atoms with Gasteiger partial charge in [-0.3, -0.25) is 14.5 Å². The van der Waals surface area contributed by atoms with E-state index in [9.17, 15) is 18.4 Å². The third-order valence-corrected chi connectivity index (χ3v) is 4.85. The van der Waals surface area contributed by atoms with Crippen LogP contribution in [0.2, 0.25) is 0 Å². The summed E-state index contributed by atoms with van der Waals surface area (Å²) in [5.41, 5.74) is 0.790. The maximum absolute atomic E-state index is 13.7. The molecule has 3 rings (SSSR count). The van der Waals surface area contributed by atoms with Crippen LogP contribution in [-0.4, -0.2) is 42.6 Å². The van der Waals surface area contributed by atoms with Crippen LogP contribution in [-0.2, 0) is 14.3 Å². The number of nitrogens with one attached hydrogen (secondary N) is 1. The van der Waals surface area contributed by atoms with E-state index in [0.29, 0.717) is 23.8 Å². The second-order valence-electron chi connectivity index (χ2n) is 8.41. The standard InChI is InChI=1S/C25H28F2N2O4/c1-15(2)14-33-19-8-5-17(6-9-19)22-23(28-18-7-10-20(26)21(27)13-18)25(31)29(24(22)30)11-12-32-16(3)4/h5-10,13,15-16,28H,11-12,14H2,1-4H3. The Morgan fingerprint density at radius 2 is 1.64 bits per heavy atom. The molecule has 2 aromatic rings. The van der Waals surface area contributed by atoms with Crippen LogP contribution in [0.3, 0.4) is 0 Å². The molecule has 176 valence electrons. The highest BCUT2D eigenvalue weighted by atomic mass is 19.2. The lowest BCUT2D eigenvalue weighted by Gasteiger charge is -2.16. The number of carbonyl (C=O) groups is 2. The van der Waals surface area contributed by atoms with Gasteiger partial charge in [0.15, 0.2) is 11.6 Å². The maximum atomic E-state index is 13.7. The summed E-state index contributed by atoms with van der Waals surface area (Å²) < 4.78 is 38.2. The predicted molar refractivity (Wildman–Crippen MR) is 121 cm³/mol. The van der Waals surface area contributed by atoms with Crippen molar-refractivity contribution in [1.82, 2.24) is 4.90 Å². The molecular formula is C25H28F2N2O4. The second kappa shape index (κ2) is 10.6. The normalized spacial score (nSPS) is 14.1. The van der Waals surface area contributed by atoms with Gasteiger partial charge < -0.3 is 14.8 Å². The van der Waals surface area contributed by atoms with Crippen LogP contribution in [0, 0.1) is 17.6 Å². The highest BCUT2D eigenvalue weighted by Crippen LogP contribution is 2.31. The van der Waals surface area contributed by atoms with Gasteiger partial charge >= 0.3 is 0 Å². The van der Waals surface area contributed by atoms with Crippen LogP contribution >= 0.6 is 0 Å². The summed E-state index contributed by atoms with van der Waals surface area (Å²) >= 11 is 0. The fraction of sp³-hybridized carbons (Fsp3) is 0.360. The number of ether oxygens (including phenoxy) is 2. The molecule has 0 radical (unpaired) electrons. The summed E-state index contributed by atoms with van der Waals surface area (Å²) in [5, 5.41) is 2.81. The van der Waals surface area contributed by atoms with E-state index in [1.807, 2.05) is 27.7 Å². The van der Waals surface area contributed by atoms with Gasteiger partial charge in [0.1, 0.15) is 11.4 Å². The number of imide groups is 1. The molecule has 0 saturated heterocycles. The van der Waals surface area contributed by atoms with Crippen molar-refractivity contribution >= 4 is 23.1 Å². The fourth-order valence-electron chi connectivity index (χ4n) is 3.24. The Morgan fingerprint density at radius 3 is 2.24 bits per heavy atom. The number of amides is 2. The van der Waals surface area contributed by atoms with Gasteiger partial charge in [0, 0.05) is 11.8 Å². The van der Waals surface area contributed by atoms with Gasteiger partial charge in [0.05, 0.1) is 31.4 Å². The van der Waals surface area contributed by atoms with E-state index >= 15 is 0 Å². The van der Waals surface area contributed by atoms with Crippen molar-refractivity contribution in [3.63, 3.8) is 0 Å². The number of rotatable bonds is 10. The first kappa shape index (κ1) is 24.4. The molecule has 1 aliphatic heterocycles. The minimum atomic E-state index is -1.06. The number of benzene rings is 2.